The number of aromatic nitrogens is 1. The number of guanidine groups is 1. The Bertz CT molecular complexity index is 750. The van der Waals surface area contributed by atoms with Gasteiger partial charge in [-0.05, 0) is 38.5 Å². The number of rotatable bonds is 8. The van der Waals surface area contributed by atoms with Gasteiger partial charge in [0.05, 0.1) is 18.8 Å². The first-order chi connectivity index (χ1) is 12.5. The van der Waals surface area contributed by atoms with E-state index in [0.29, 0.717) is 30.7 Å². The van der Waals surface area contributed by atoms with E-state index in [1.54, 1.807) is 6.07 Å². The fourth-order valence-electron chi connectivity index (χ4n) is 2.17. The minimum Gasteiger partial charge on any atom is -0.484 e. The van der Waals surface area contributed by atoms with Gasteiger partial charge in [0.25, 0.3) is 5.91 Å². The van der Waals surface area contributed by atoms with Gasteiger partial charge in [-0.25, -0.2) is 9.98 Å². The number of carbonyl (C=O) groups excluding carboxylic acids is 1. The standard InChI is InChI=1S/C18H25N5O3/c1-4-20-18(22-10-17-23-12(2)13(3)26-17)21-9-14-6-5-7-15(8-14)25-11-16(19)24/h5-8H,4,9-11H2,1-3H3,(H2,19,24)(H2,20,21,22). The number of benzene rings is 1. The molecule has 0 aliphatic rings. The molecule has 0 unspecified atom stereocenters. The van der Waals surface area contributed by atoms with Crippen molar-refractivity contribution in [2.75, 3.05) is 13.2 Å². The molecule has 2 rings (SSSR count). The van der Waals surface area contributed by atoms with Crippen molar-refractivity contribution < 1.29 is 13.9 Å². The number of hydrogen-bond acceptors (Lipinski definition) is 5. The van der Waals surface area contributed by atoms with E-state index in [4.69, 9.17) is 14.9 Å². The number of aryl methyl sites for hydroxylation is 2. The highest BCUT2D eigenvalue weighted by atomic mass is 16.5. The van der Waals surface area contributed by atoms with E-state index in [0.717, 1.165) is 23.6 Å². The van der Waals surface area contributed by atoms with Crippen LogP contribution in [0.4, 0.5) is 0 Å². The van der Waals surface area contributed by atoms with Gasteiger partial charge in [-0.15, -0.1) is 0 Å². The highest BCUT2D eigenvalue weighted by Gasteiger charge is 2.06. The van der Waals surface area contributed by atoms with E-state index in [1.165, 1.54) is 0 Å². The minimum atomic E-state index is -0.510. The van der Waals surface area contributed by atoms with Crippen LogP contribution in [0.25, 0.3) is 0 Å². The van der Waals surface area contributed by atoms with Crippen LogP contribution in [-0.4, -0.2) is 30.0 Å². The number of amides is 1. The number of carbonyl (C=O) groups is 1. The molecule has 1 aromatic heterocycles. The van der Waals surface area contributed by atoms with Gasteiger partial charge < -0.3 is 25.5 Å². The number of oxazole rings is 1. The zero-order valence-electron chi connectivity index (χ0n) is 15.3. The van der Waals surface area contributed by atoms with Crippen molar-refractivity contribution in [3.63, 3.8) is 0 Å². The molecular formula is C18H25N5O3. The van der Waals surface area contributed by atoms with Crippen LogP contribution in [0.5, 0.6) is 5.75 Å². The Hall–Kier alpha value is -3.03. The van der Waals surface area contributed by atoms with Crippen molar-refractivity contribution in [3.8, 4) is 5.75 Å². The molecule has 0 aliphatic heterocycles. The van der Waals surface area contributed by atoms with E-state index in [-0.39, 0.29) is 6.61 Å². The van der Waals surface area contributed by atoms with Gasteiger partial charge in [0.2, 0.25) is 5.89 Å². The van der Waals surface area contributed by atoms with Crippen LogP contribution in [0.2, 0.25) is 0 Å². The molecule has 2 aromatic rings. The molecule has 1 aromatic carbocycles. The maximum Gasteiger partial charge on any atom is 0.255 e. The van der Waals surface area contributed by atoms with Crippen LogP contribution in [0.15, 0.2) is 33.7 Å². The lowest BCUT2D eigenvalue weighted by molar-refractivity contribution is -0.119. The Morgan fingerprint density at radius 3 is 2.81 bits per heavy atom. The summed E-state index contributed by atoms with van der Waals surface area (Å²) in [5.74, 6) is 2.16. The molecule has 0 spiro atoms. The lowest BCUT2D eigenvalue weighted by Crippen LogP contribution is -2.36. The number of primary amides is 1. The van der Waals surface area contributed by atoms with Gasteiger partial charge >= 0.3 is 0 Å². The average molecular weight is 359 g/mol. The summed E-state index contributed by atoms with van der Waals surface area (Å²) in [5.41, 5.74) is 6.92. The number of nitrogens with two attached hydrogens (primary N) is 1. The average Bonchev–Trinajstić information content (AvgIpc) is 2.94. The quantitative estimate of drug-likeness (QED) is 0.485. The lowest BCUT2D eigenvalue weighted by atomic mass is 10.2. The highest BCUT2D eigenvalue weighted by Crippen LogP contribution is 2.14. The second-order valence-electron chi connectivity index (χ2n) is 5.70. The molecular weight excluding hydrogens is 334 g/mol. The van der Waals surface area contributed by atoms with Crippen molar-refractivity contribution in [2.24, 2.45) is 10.7 Å². The third-order valence-corrected chi connectivity index (χ3v) is 3.52. The normalized spacial score (nSPS) is 11.3. The summed E-state index contributed by atoms with van der Waals surface area (Å²) in [6, 6.07) is 7.38. The lowest BCUT2D eigenvalue weighted by Gasteiger charge is -2.10. The predicted molar refractivity (Wildman–Crippen MR) is 98.8 cm³/mol. The minimum absolute atomic E-state index is 0.147. The molecule has 0 atom stereocenters. The first-order valence-electron chi connectivity index (χ1n) is 8.43. The van der Waals surface area contributed by atoms with Crippen LogP contribution in [-0.2, 0) is 17.9 Å². The summed E-state index contributed by atoms with van der Waals surface area (Å²) in [5, 5.41) is 6.37. The zero-order chi connectivity index (χ0) is 18.9. The molecule has 4 N–H and O–H groups in total. The van der Waals surface area contributed by atoms with Gasteiger partial charge in [-0.3, -0.25) is 4.79 Å². The smallest absolute Gasteiger partial charge is 0.255 e. The predicted octanol–water partition coefficient (Wildman–Crippen LogP) is 1.41. The highest BCUT2D eigenvalue weighted by molar-refractivity contribution is 5.79. The molecule has 26 heavy (non-hydrogen) atoms. The topological polar surface area (TPSA) is 115 Å². The first kappa shape index (κ1) is 19.3. The Morgan fingerprint density at radius 1 is 1.35 bits per heavy atom. The Balaban J connectivity index is 1.97. The summed E-state index contributed by atoms with van der Waals surface area (Å²) in [6.45, 7) is 7.28. The Kier molecular flexibility index (Phi) is 7.02. The van der Waals surface area contributed by atoms with Crippen LogP contribution in [0, 0.1) is 13.8 Å². The number of nitrogens with one attached hydrogen (secondary N) is 2. The van der Waals surface area contributed by atoms with E-state index >= 15 is 0 Å². The summed E-state index contributed by atoms with van der Waals surface area (Å²) < 4.78 is 10.9. The molecule has 0 saturated heterocycles. The van der Waals surface area contributed by atoms with Gasteiger partial charge in [0, 0.05) is 6.54 Å². The van der Waals surface area contributed by atoms with Crippen molar-refractivity contribution in [2.45, 2.75) is 33.9 Å². The molecule has 1 heterocycles. The maximum absolute atomic E-state index is 10.8. The summed E-state index contributed by atoms with van der Waals surface area (Å²) in [6.07, 6.45) is 0. The third-order valence-electron chi connectivity index (χ3n) is 3.52. The second-order valence-corrected chi connectivity index (χ2v) is 5.70. The van der Waals surface area contributed by atoms with Crippen LogP contribution in [0.3, 0.4) is 0 Å². The van der Waals surface area contributed by atoms with Gasteiger partial charge in [-0.1, -0.05) is 12.1 Å². The third kappa shape index (κ3) is 6.12. The molecule has 140 valence electrons. The fourth-order valence-corrected chi connectivity index (χ4v) is 2.17. The SMILES string of the molecule is CCNC(=NCc1cccc(OCC(N)=O)c1)NCc1nc(C)c(C)o1. The fraction of sp³-hybridized carbons (Fsp3) is 0.389. The van der Waals surface area contributed by atoms with E-state index in [1.807, 2.05) is 39.0 Å². The van der Waals surface area contributed by atoms with Crippen molar-refractivity contribution in [3.05, 3.63) is 47.2 Å². The number of aliphatic imine (C=N–C) groups is 1. The molecule has 0 saturated carbocycles. The number of hydrogen-bond donors (Lipinski definition) is 3. The van der Waals surface area contributed by atoms with Gasteiger partial charge in [0.15, 0.2) is 12.6 Å². The summed E-state index contributed by atoms with van der Waals surface area (Å²) >= 11 is 0. The molecule has 8 heteroatoms. The first-order valence-corrected chi connectivity index (χ1v) is 8.43. The van der Waals surface area contributed by atoms with Crippen LogP contribution in [0.1, 0.15) is 29.8 Å². The Labute approximate surface area is 152 Å². The molecule has 0 bridgehead atoms. The van der Waals surface area contributed by atoms with Gasteiger partial charge in [-0.2, -0.15) is 0 Å². The van der Waals surface area contributed by atoms with Gasteiger partial charge in [0.1, 0.15) is 11.5 Å². The molecule has 0 aliphatic carbocycles. The number of nitrogens with zero attached hydrogens (tertiary/aromatic N) is 2. The molecule has 1 amide bonds. The zero-order valence-corrected chi connectivity index (χ0v) is 15.3. The molecule has 8 nitrogen and oxygen atoms in total. The van der Waals surface area contributed by atoms with Crippen LogP contribution < -0.4 is 21.1 Å². The van der Waals surface area contributed by atoms with Crippen LogP contribution >= 0.6 is 0 Å². The summed E-state index contributed by atoms with van der Waals surface area (Å²) in [7, 11) is 0. The Morgan fingerprint density at radius 2 is 2.15 bits per heavy atom. The van der Waals surface area contributed by atoms with Crippen molar-refractivity contribution in [1.29, 1.82) is 0 Å². The van der Waals surface area contributed by atoms with E-state index < -0.39 is 5.91 Å². The summed E-state index contributed by atoms with van der Waals surface area (Å²) in [4.78, 5) is 19.7. The second kappa shape index (κ2) is 9.45. The van der Waals surface area contributed by atoms with Crippen molar-refractivity contribution in [1.82, 2.24) is 15.6 Å². The van der Waals surface area contributed by atoms with E-state index in [9.17, 15) is 4.79 Å². The van der Waals surface area contributed by atoms with Crippen molar-refractivity contribution >= 4 is 11.9 Å². The number of ether oxygens (including phenoxy) is 1. The maximum atomic E-state index is 10.8. The largest absolute Gasteiger partial charge is 0.484 e. The monoisotopic (exact) mass is 359 g/mol. The molecule has 0 fully saturated rings. The molecule has 0 radical (unpaired) electrons. The van der Waals surface area contributed by atoms with E-state index in [2.05, 4.69) is 20.6 Å².